The molecule has 0 spiro atoms. The summed E-state index contributed by atoms with van der Waals surface area (Å²) in [4.78, 5) is 15.2. The molecule has 1 aromatic carbocycles. The number of ketones is 1. The third-order valence-corrected chi connectivity index (χ3v) is 4.10. The average molecular weight is 290 g/mol. The molecule has 0 unspecified atom stereocenters. The first kappa shape index (κ1) is 14.2. The highest BCUT2D eigenvalue weighted by molar-refractivity contribution is 7.92. The van der Waals surface area contributed by atoms with Gasteiger partial charge < -0.3 is 0 Å². The highest BCUT2D eigenvalue weighted by Gasteiger charge is 2.15. The maximum Gasteiger partial charge on any atom is 0.263 e. The van der Waals surface area contributed by atoms with Crippen LogP contribution in [0.2, 0.25) is 0 Å². The standard InChI is InChI=1S/C14H14N2O3S/c1-10-7-8-15-14(9-10)16-20(18,19)13-5-3-12(4-6-13)11(2)17/h3-9H,1-2H3,(H,15,16). The highest BCUT2D eigenvalue weighted by Crippen LogP contribution is 2.16. The molecule has 0 fully saturated rings. The minimum atomic E-state index is -3.70. The third-order valence-electron chi connectivity index (χ3n) is 2.73. The van der Waals surface area contributed by atoms with Crippen molar-refractivity contribution in [3.8, 4) is 0 Å². The fraction of sp³-hybridized carbons (Fsp3) is 0.143. The summed E-state index contributed by atoms with van der Waals surface area (Å²) in [5, 5.41) is 0. The van der Waals surface area contributed by atoms with Gasteiger partial charge in [-0.15, -0.1) is 0 Å². The predicted octanol–water partition coefficient (Wildman–Crippen LogP) is 2.39. The van der Waals surface area contributed by atoms with Crippen molar-refractivity contribution >= 4 is 21.6 Å². The van der Waals surface area contributed by atoms with Crippen LogP contribution in [0.5, 0.6) is 0 Å². The first-order valence-electron chi connectivity index (χ1n) is 5.95. The number of pyridine rings is 1. The first-order chi connectivity index (χ1) is 9.38. The van der Waals surface area contributed by atoms with Crippen molar-refractivity contribution in [3.05, 3.63) is 53.7 Å². The number of nitrogens with zero attached hydrogens (tertiary/aromatic N) is 1. The molecular formula is C14H14N2O3S. The molecule has 0 amide bonds. The third kappa shape index (κ3) is 3.21. The lowest BCUT2D eigenvalue weighted by Gasteiger charge is -2.08. The molecule has 0 radical (unpaired) electrons. The van der Waals surface area contributed by atoms with E-state index >= 15 is 0 Å². The summed E-state index contributed by atoms with van der Waals surface area (Å²) in [6.07, 6.45) is 1.53. The number of carbonyl (C=O) groups is 1. The van der Waals surface area contributed by atoms with Gasteiger partial charge in [0.1, 0.15) is 5.82 Å². The van der Waals surface area contributed by atoms with Crippen molar-refractivity contribution < 1.29 is 13.2 Å². The number of benzene rings is 1. The second-order valence-electron chi connectivity index (χ2n) is 4.40. The molecule has 1 heterocycles. The van der Waals surface area contributed by atoms with Gasteiger partial charge >= 0.3 is 0 Å². The summed E-state index contributed by atoms with van der Waals surface area (Å²) in [7, 11) is -3.70. The van der Waals surface area contributed by atoms with Crippen LogP contribution in [0, 0.1) is 6.92 Å². The molecule has 0 aliphatic heterocycles. The number of nitrogens with one attached hydrogen (secondary N) is 1. The summed E-state index contributed by atoms with van der Waals surface area (Å²) in [6.45, 7) is 3.28. The summed E-state index contributed by atoms with van der Waals surface area (Å²) in [5.41, 5.74) is 1.38. The van der Waals surface area contributed by atoms with Gasteiger partial charge in [0.15, 0.2) is 5.78 Å². The topological polar surface area (TPSA) is 76.1 Å². The number of aryl methyl sites for hydroxylation is 1. The van der Waals surface area contributed by atoms with Crippen LogP contribution < -0.4 is 4.72 Å². The van der Waals surface area contributed by atoms with E-state index in [1.807, 2.05) is 6.92 Å². The van der Waals surface area contributed by atoms with Gasteiger partial charge in [0.25, 0.3) is 10.0 Å². The lowest BCUT2D eigenvalue weighted by Crippen LogP contribution is -2.14. The Bertz CT molecular complexity index is 737. The molecule has 0 saturated heterocycles. The van der Waals surface area contributed by atoms with Crippen LogP contribution in [0.1, 0.15) is 22.8 Å². The second kappa shape index (κ2) is 5.42. The number of carbonyl (C=O) groups excluding carboxylic acids is 1. The lowest BCUT2D eigenvalue weighted by molar-refractivity contribution is 0.101. The van der Waals surface area contributed by atoms with Gasteiger partial charge in [-0.2, -0.15) is 0 Å². The Hall–Kier alpha value is -2.21. The Balaban J connectivity index is 2.28. The number of aromatic nitrogens is 1. The van der Waals surface area contributed by atoms with Crippen molar-refractivity contribution in [2.24, 2.45) is 0 Å². The SMILES string of the molecule is CC(=O)c1ccc(S(=O)(=O)Nc2cc(C)ccn2)cc1. The van der Waals surface area contributed by atoms with Crippen LogP contribution in [0.25, 0.3) is 0 Å². The van der Waals surface area contributed by atoms with Crippen LogP contribution in [0.15, 0.2) is 47.5 Å². The number of sulfonamides is 1. The van der Waals surface area contributed by atoms with Crippen LogP contribution in [-0.4, -0.2) is 19.2 Å². The second-order valence-corrected chi connectivity index (χ2v) is 6.09. The average Bonchev–Trinajstić information content (AvgIpc) is 2.38. The number of rotatable bonds is 4. The molecule has 104 valence electrons. The van der Waals surface area contributed by atoms with Crippen molar-refractivity contribution in [1.82, 2.24) is 4.98 Å². The van der Waals surface area contributed by atoms with Gasteiger partial charge in [-0.05, 0) is 43.7 Å². The summed E-state index contributed by atoms with van der Waals surface area (Å²) in [5.74, 6) is 0.155. The molecule has 6 heteroatoms. The molecule has 0 aliphatic rings. The van der Waals surface area contributed by atoms with E-state index in [1.165, 1.54) is 37.4 Å². The Morgan fingerprint density at radius 1 is 1.15 bits per heavy atom. The summed E-state index contributed by atoms with van der Waals surface area (Å²) >= 11 is 0. The van der Waals surface area contributed by atoms with Gasteiger partial charge in [0, 0.05) is 11.8 Å². The maximum atomic E-state index is 12.2. The molecule has 1 aromatic heterocycles. The monoisotopic (exact) mass is 290 g/mol. The predicted molar refractivity (Wildman–Crippen MR) is 76.2 cm³/mol. The number of hydrogen-bond donors (Lipinski definition) is 1. The lowest BCUT2D eigenvalue weighted by atomic mass is 10.2. The fourth-order valence-corrected chi connectivity index (χ4v) is 2.66. The van der Waals surface area contributed by atoms with Crippen molar-refractivity contribution in [1.29, 1.82) is 0 Å². The Morgan fingerprint density at radius 2 is 1.80 bits per heavy atom. The van der Waals surface area contributed by atoms with E-state index < -0.39 is 10.0 Å². The Kier molecular flexibility index (Phi) is 3.85. The molecule has 0 saturated carbocycles. The van der Waals surface area contributed by atoms with Gasteiger partial charge in [-0.3, -0.25) is 9.52 Å². The fourth-order valence-electron chi connectivity index (χ4n) is 1.66. The number of hydrogen-bond acceptors (Lipinski definition) is 4. The van der Waals surface area contributed by atoms with E-state index in [1.54, 1.807) is 12.1 Å². The molecule has 2 rings (SSSR count). The molecular weight excluding hydrogens is 276 g/mol. The van der Waals surface area contributed by atoms with Crippen molar-refractivity contribution in [2.45, 2.75) is 18.7 Å². The van der Waals surface area contributed by atoms with Crippen LogP contribution in [0.3, 0.4) is 0 Å². The van der Waals surface area contributed by atoms with E-state index in [4.69, 9.17) is 0 Å². The molecule has 0 aliphatic carbocycles. The summed E-state index contributed by atoms with van der Waals surface area (Å²) in [6, 6.07) is 9.19. The van der Waals surface area contributed by atoms with Crippen molar-refractivity contribution in [2.75, 3.05) is 4.72 Å². The van der Waals surface area contributed by atoms with E-state index in [9.17, 15) is 13.2 Å². The van der Waals surface area contributed by atoms with E-state index in [2.05, 4.69) is 9.71 Å². The van der Waals surface area contributed by atoms with Crippen molar-refractivity contribution in [3.63, 3.8) is 0 Å². The Morgan fingerprint density at radius 3 is 2.35 bits per heavy atom. The molecule has 1 N–H and O–H groups in total. The first-order valence-corrected chi connectivity index (χ1v) is 7.43. The summed E-state index contributed by atoms with van der Waals surface area (Å²) < 4.78 is 26.7. The van der Waals surface area contributed by atoms with Gasteiger partial charge in [0.2, 0.25) is 0 Å². The number of Topliss-reactive ketones (excluding diaryl/α,β-unsaturated/α-hetero) is 1. The maximum absolute atomic E-state index is 12.2. The van der Waals surface area contributed by atoms with E-state index in [0.717, 1.165) is 5.56 Å². The van der Waals surface area contributed by atoms with E-state index in [0.29, 0.717) is 5.56 Å². The highest BCUT2D eigenvalue weighted by atomic mass is 32.2. The Labute approximate surface area is 117 Å². The smallest absolute Gasteiger partial charge is 0.263 e. The minimum Gasteiger partial charge on any atom is -0.295 e. The van der Waals surface area contributed by atoms with Gasteiger partial charge in [-0.1, -0.05) is 12.1 Å². The molecule has 0 bridgehead atoms. The largest absolute Gasteiger partial charge is 0.295 e. The zero-order valence-electron chi connectivity index (χ0n) is 11.1. The zero-order valence-corrected chi connectivity index (χ0v) is 11.9. The molecule has 5 nitrogen and oxygen atoms in total. The molecule has 20 heavy (non-hydrogen) atoms. The van der Waals surface area contributed by atoms with Crippen LogP contribution in [-0.2, 0) is 10.0 Å². The quantitative estimate of drug-likeness (QED) is 0.877. The molecule has 0 atom stereocenters. The van der Waals surface area contributed by atoms with Gasteiger partial charge in [0.05, 0.1) is 4.90 Å². The number of anilines is 1. The zero-order chi connectivity index (χ0) is 14.8. The van der Waals surface area contributed by atoms with E-state index in [-0.39, 0.29) is 16.5 Å². The normalized spacial score (nSPS) is 11.1. The van der Waals surface area contributed by atoms with Crippen LogP contribution in [0.4, 0.5) is 5.82 Å². The molecule has 2 aromatic rings. The van der Waals surface area contributed by atoms with Gasteiger partial charge in [-0.25, -0.2) is 13.4 Å². The minimum absolute atomic E-state index is 0.0887. The van der Waals surface area contributed by atoms with Crippen LogP contribution >= 0.6 is 0 Å².